The number of nitrogens with zero attached hydrogens (tertiary/aromatic N) is 2. The SMILES string of the molecule is CCCN(C(=O)c1cccs1)C1CCN(C[C@@H]2CCC=CO2)CC1. The number of carbonyl (C=O) groups excluding carboxylic acids is 1. The molecule has 0 bridgehead atoms. The van der Waals surface area contributed by atoms with Gasteiger partial charge < -0.3 is 9.64 Å². The Labute approximate surface area is 149 Å². The van der Waals surface area contributed by atoms with Crippen molar-refractivity contribution in [1.29, 1.82) is 0 Å². The van der Waals surface area contributed by atoms with Crippen LogP contribution >= 0.6 is 11.3 Å². The van der Waals surface area contributed by atoms with E-state index in [-0.39, 0.29) is 5.91 Å². The lowest BCUT2D eigenvalue weighted by molar-refractivity contribution is 0.0422. The van der Waals surface area contributed by atoms with Crippen LogP contribution in [0.5, 0.6) is 0 Å². The third kappa shape index (κ3) is 4.39. The van der Waals surface area contributed by atoms with Crippen LogP contribution in [-0.2, 0) is 4.74 Å². The van der Waals surface area contributed by atoms with E-state index in [4.69, 9.17) is 4.74 Å². The minimum absolute atomic E-state index is 0.214. The molecule has 2 aliphatic rings. The molecule has 1 aromatic rings. The highest BCUT2D eigenvalue weighted by Crippen LogP contribution is 2.22. The van der Waals surface area contributed by atoms with Crippen LogP contribution < -0.4 is 0 Å². The van der Waals surface area contributed by atoms with E-state index in [0.717, 1.165) is 63.2 Å². The van der Waals surface area contributed by atoms with Crippen LogP contribution in [0.1, 0.15) is 48.7 Å². The van der Waals surface area contributed by atoms with Crippen LogP contribution in [-0.4, -0.2) is 54.0 Å². The molecule has 24 heavy (non-hydrogen) atoms. The fourth-order valence-corrected chi connectivity index (χ4v) is 4.33. The van der Waals surface area contributed by atoms with Crippen molar-refractivity contribution in [3.8, 4) is 0 Å². The molecule has 0 aromatic carbocycles. The van der Waals surface area contributed by atoms with Crippen molar-refractivity contribution in [2.45, 2.75) is 51.2 Å². The second-order valence-electron chi connectivity index (χ2n) is 6.71. The van der Waals surface area contributed by atoms with Gasteiger partial charge in [-0.25, -0.2) is 0 Å². The predicted octanol–water partition coefficient (Wildman–Crippen LogP) is 3.76. The number of allylic oxidation sites excluding steroid dienone is 1. The molecule has 1 atom stereocenters. The lowest BCUT2D eigenvalue weighted by Crippen LogP contribution is -2.49. The van der Waals surface area contributed by atoms with E-state index in [9.17, 15) is 4.79 Å². The molecule has 0 radical (unpaired) electrons. The quantitative estimate of drug-likeness (QED) is 0.785. The van der Waals surface area contributed by atoms with Crippen LogP contribution in [0.4, 0.5) is 0 Å². The first kappa shape index (κ1) is 17.5. The third-order valence-corrected chi connectivity index (χ3v) is 5.80. The summed E-state index contributed by atoms with van der Waals surface area (Å²) in [5.41, 5.74) is 0. The number of carbonyl (C=O) groups is 1. The molecule has 5 heteroatoms. The Morgan fingerprint density at radius 2 is 2.21 bits per heavy atom. The number of ether oxygens (including phenoxy) is 1. The molecule has 2 aliphatic heterocycles. The number of piperidine rings is 1. The van der Waals surface area contributed by atoms with Crippen molar-refractivity contribution in [3.05, 3.63) is 34.7 Å². The molecular formula is C19H28N2O2S. The van der Waals surface area contributed by atoms with E-state index in [0.29, 0.717) is 12.1 Å². The Morgan fingerprint density at radius 3 is 2.83 bits per heavy atom. The molecule has 4 nitrogen and oxygen atoms in total. The number of rotatable bonds is 6. The highest BCUT2D eigenvalue weighted by Gasteiger charge is 2.29. The lowest BCUT2D eigenvalue weighted by atomic mass is 10.0. The fourth-order valence-electron chi connectivity index (χ4n) is 3.65. The van der Waals surface area contributed by atoms with E-state index in [1.165, 1.54) is 0 Å². The summed E-state index contributed by atoms with van der Waals surface area (Å²) in [5, 5.41) is 1.98. The Balaban J connectivity index is 1.53. The normalized spacial score (nSPS) is 22.3. The van der Waals surface area contributed by atoms with Crippen LogP contribution in [0.15, 0.2) is 29.9 Å². The molecule has 3 heterocycles. The van der Waals surface area contributed by atoms with Gasteiger partial charge >= 0.3 is 0 Å². The van der Waals surface area contributed by atoms with Crippen LogP contribution in [0.2, 0.25) is 0 Å². The molecule has 0 unspecified atom stereocenters. The maximum atomic E-state index is 12.8. The minimum atomic E-state index is 0.214. The largest absolute Gasteiger partial charge is 0.497 e. The summed E-state index contributed by atoms with van der Waals surface area (Å²) in [6.07, 6.45) is 9.69. The Morgan fingerprint density at radius 1 is 1.38 bits per heavy atom. The summed E-state index contributed by atoms with van der Waals surface area (Å²) in [6.45, 7) is 6.15. The average molecular weight is 349 g/mol. The maximum Gasteiger partial charge on any atom is 0.264 e. The van der Waals surface area contributed by atoms with Gasteiger partial charge in [-0.05, 0) is 49.6 Å². The van der Waals surface area contributed by atoms with Gasteiger partial charge in [0.15, 0.2) is 0 Å². The van der Waals surface area contributed by atoms with E-state index in [1.807, 2.05) is 23.8 Å². The van der Waals surface area contributed by atoms with E-state index >= 15 is 0 Å². The highest BCUT2D eigenvalue weighted by molar-refractivity contribution is 7.12. The van der Waals surface area contributed by atoms with Crippen LogP contribution in [0, 0.1) is 0 Å². The number of hydrogen-bond acceptors (Lipinski definition) is 4. The van der Waals surface area contributed by atoms with Gasteiger partial charge in [-0.15, -0.1) is 11.3 Å². The van der Waals surface area contributed by atoms with Gasteiger partial charge in [0.25, 0.3) is 5.91 Å². The van der Waals surface area contributed by atoms with Crippen molar-refractivity contribution < 1.29 is 9.53 Å². The minimum Gasteiger partial charge on any atom is -0.497 e. The number of thiophene rings is 1. The average Bonchev–Trinajstić information content (AvgIpc) is 3.16. The van der Waals surface area contributed by atoms with Crippen molar-refractivity contribution in [2.75, 3.05) is 26.2 Å². The van der Waals surface area contributed by atoms with Gasteiger partial charge in [-0.2, -0.15) is 0 Å². The van der Waals surface area contributed by atoms with Crippen LogP contribution in [0.25, 0.3) is 0 Å². The van der Waals surface area contributed by atoms with E-state index < -0.39 is 0 Å². The number of hydrogen-bond donors (Lipinski definition) is 0. The van der Waals surface area contributed by atoms with Gasteiger partial charge in [0.1, 0.15) is 6.10 Å². The first-order valence-electron chi connectivity index (χ1n) is 9.15. The fraction of sp³-hybridized carbons (Fsp3) is 0.632. The summed E-state index contributed by atoms with van der Waals surface area (Å²) < 4.78 is 5.70. The Bertz CT molecular complexity index is 536. The smallest absolute Gasteiger partial charge is 0.264 e. The maximum absolute atomic E-state index is 12.8. The van der Waals surface area contributed by atoms with Gasteiger partial charge in [-0.3, -0.25) is 9.69 Å². The van der Waals surface area contributed by atoms with Crippen LogP contribution in [0.3, 0.4) is 0 Å². The molecule has 3 rings (SSSR count). The molecule has 0 saturated carbocycles. The zero-order valence-electron chi connectivity index (χ0n) is 14.5. The molecule has 0 spiro atoms. The number of likely N-dealkylation sites (tertiary alicyclic amines) is 1. The van der Waals surface area contributed by atoms with Gasteiger partial charge in [0.2, 0.25) is 0 Å². The zero-order valence-corrected chi connectivity index (χ0v) is 15.3. The highest BCUT2D eigenvalue weighted by atomic mass is 32.1. The molecule has 0 N–H and O–H groups in total. The molecular weight excluding hydrogens is 320 g/mol. The summed E-state index contributed by atoms with van der Waals surface area (Å²) in [7, 11) is 0. The van der Waals surface area contributed by atoms with Gasteiger partial charge in [-0.1, -0.05) is 13.0 Å². The van der Waals surface area contributed by atoms with Gasteiger partial charge in [0.05, 0.1) is 11.1 Å². The Kier molecular flexibility index (Phi) is 6.32. The summed E-state index contributed by atoms with van der Waals surface area (Å²) in [5.74, 6) is 0.214. The standard InChI is InChI=1S/C19H28N2O2S/c1-2-10-21(19(22)18-7-5-14-24-18)16-8-11-20(12-9-16)15-17-6-3-4-13-23-17/h4-5,7,13-14,16-17H,2-3,6,8-12,15H2,1H3/t17-/m0/s1. The summed E-state index contributed by atoms with van der Waals surface area (Å²) in [4.78, 5) is 18.3. The predicted molar refractivity (Wildman–Crippen MR) is 98.4 cm³/mol. The third-order valence-electron chi connectivity index (χ3n) is 4.94. The number of amides is 1. The molecule has 1 amide bonds. The monoisotopic (exact) mass is 348 g/mol. The molecule has 1 aromatic heterocycles. The van der Waals surface area contributed by atoms with Gasteiger partial charge in [0, 0.05) is 32.2 Å². The van der Waals surface area contributed by atoms with Crippen molar-refractivity contribution in [3.63, 3.8) is 0 Å². The van der Waals surface area contributed by atoms with E-state index in [2.05, 4.69) is 22.8 Å². The zero-order chi connectivity index (χ0) is 16.8. The second kappa shape index (κ2) is 8.67. The van der Waals surface area contributed by atoms with Crippen molar-refractivity contribution >= 4 is 17.2 Å². The first-order chi connectivity index (χ1) is 11.8. The topological polar surface area (TPSA) is 32.8 Å². The first-order valence-corrected chi connectivity index (χ1v) is 10.0. The molecule has 0 aliphatic carbocycles. The molecule has 1 saturated heterocycles. The lowest BCUT2D eigenvalue weighted by Gasteiger charge is -2.39. The second-order valence-corrected chi connectivity index (χ2v) is 7.66. The van der Waals surface area contributed by atoms with E-state index in [1.54, 1.807) is 11.3 Å². The van der Waals surface area contributed by atoms with Crippen molar-refractivity contribution in [1.82, 2.24) is 9.80 Å². The van der Waals surface area contributed by atoms with Crippen molar-refractivity contribution in [2.24, 2.45) is 0 Å². The molecule has 1 fully saturated rings. The summed E-state index contributed by atoms with van der Waals surface area (Å²) in [6, 6.07) is 4.28. The Hall–Kier alpha value is -1.33. The summed E-state index contributed by atoms with van der Waals surface area (Å²) >= 11 is 1.55. The molecule has 132 valence electrons.